The topological polar surface area (TPSA) is 24.5 Å². The molecule has 1 N–H and O–H groups in total. The highest BCUT2D eigenvalue weighted by atomic mass is 16.5. The van der Waals surface area contributed by atoms with Crippen molar-refractivity contribution in [3.8, 4) is 0 Å². The third-order valence-corrected chi connectivity index (χ3v) is 4.00. The standard InChI is InChI=1S/C14H30N2O/c1-5-8-15-14-7-9-17-11-13(14)10-16(4)12(3)6-2/h12-15H,5-11H2,1-4H3. The quantitative estimate of drug-likeness (QED) is 0.740. The zero-order valence-electron chi connectivity index (χ0n) is 12.0. The maximum atomic E-state index is 5.64. The van der Waals surface area contributed by atoms with Gasteiger partial charge in [-0.1, -0.05) is 13.8 Å². The van der Waals surface area contributed by atoms with Crippen LogP contribution < -0.4 is 5.32 Å². The molecule has 0 aromatic heterocycles. The van der Waals surface area contributed by atoms with Crippen molar-refractivity contribution in [2.75, 3.05) is 33.4 Å². The molecular formula is C14H30N2O. The molecule has 0 aromatic rings. The van der Waals surface area contributed by atoms with E-state index >= 15 is 0 Å². The number of rotatable bonds is 7. The lowest BCUT2D eigenvalue weighted by molar-refractivity contribution is 0.0153. The van der Waals surface area contributed by atoms with Crippen LogP contribution in [-0.2, 0) is 4.74 Å². The molecule has 0 amide bonds. The molecule has 17 heavy (non-hydrogen) atoms. The predicted molar refractivity (Wildman–Crippen MR) is 73.4 cm³/mol. The van der Waals surface area contributed by atoms with Crippen LogP contribution >= 0.6 is 0 Å². The molecule has 102 valence electrons. The van der Waals surface area contributed by atoms with Crippen LogP contribution in [0.5, 0.6) is 0 Å². The minimum atomic E-state index is 0.647. The third kappa shape index (κ3) is 4.94. The van der Waals surface area contributed by atoms with E-state index in [0.29, 0.717) is 18.0 Å². The molecule has 1 fully saturated rings. The summed E-state index contributed by atoms with van der Waals surface area (Å²) in [6, 6.07) is 1.32. The Labute approximate surface area is 107 Å². The smallest absolute Gasteiger partial charge is 0.0521 e. The van der Waals surface area contributed by atoms with Crippen molar-refractivity contribution in [2.24, 2.45) is 5.92 Å². The van der Waals surface area contributed by atoms with Gasteiger partial charge < -0.3 is 15.0 Å². The van der Waals surface area contributed by atoms with Gasteiger partial charge in [-0.2, -0.15) is 0 Å². The summed E-state index contributed by atoms with van der Waals surface area (Å²) in [6.07, 6.45) is 3.60. The van der Waals surface area contributed by atoms with Gasteiger partial charge >= 0.3 is 0 Å². The maximum Gasteiger partial charge on any atom is 0.0521 e. The second kappa shape index (κ2) is 8.06. The second-order valence-electron chi connectivity index (χ2n) is 5.38. The number of hydrogen-bond donors (Lipinski definition) is 1. The molecule has 0 saturated carbocycles. The first kappa shape index (κ1) is 14.9. The molecule has 1 heterocycles. The van der Waals surface area contributed by atoms with E-state index in [2.05, 4.69) is 38.0 Å². The van der Waals surface area contributed by atoms with Crippen LogP contribution in [0.1, 0.15) is 40.0 Å². The van der Waals surface area contributed by atoms with Gasteiger partial charge in [-0.25, -0.2) is 0 Å². The molecule has 0 spiro atoms. The molecule has 0 bridgehead atoms. The second-order valence-corrected chi connectivity index (χ2v) is 5.38. The van der Waals surface area contributed by atoms with Crippen LogP contribution in [0.2, 0.25) is 0 Å². The van der Waals surface area contributed by atoms with Gasteiger partial charge in [0.25, 0.3) is 0 Å². The van der Waals surface area contributed by atoms with Crippen molar-refractivity contribution in [3.05, 3.63) is 0 Å². The zero-order chi connectivity index (χ0) is 12.7. The van der Waals surface area contributed by atoms with Gasteiger partial charge in [0.2, 0.25) is 0 Å². The molecule has 3 atom stereocenters. The summed E-state index contributed by atoms with van der Waals surface area (Å²) in [4.78, 5) is 2.47. The average Bonchev–Trinajstić information content (AvgIpc) is 2.36. The number of hydrogen-bond acceptors (Lipinski definition) is 3. The molecule has 3 nitrogen and oxygen atoms in total. The molecule has 0 aliphatic carbocycles. The predicted octanol–water partition coefficient (Wildman–Crippen LogP) is 2.12. The van der Waals surface area contributed by atoms with Crippen LogP contribution in [0.3, 0.4) is 0 Å². The van der Waals surface area contributed by atoms with Gasteiger partial charge in [0, 0.05) is 31.2 Å². The van der Waals surface area contributed by atoms with E-state index in [-0.39, 0.29) is 0 Å². The Morgan fingerprint density at radius 1 is 1.41 bits per heavy atom. The van der Waals surface area contributed by atoms with Gasteiger partial charge in [0.05, 0.1) is 6.61 Å². The van der Waals surface area contributed by atoms with Crippen molar-refractivity contribution < 1.29 is 4.74 Å². The number of ether oxygens (including phenoxy) is 1. The lowest BCUT2D eigenvalue weighted by Gasteiger charge is -2.36. The van der Waals surface area contributed by atoms with E-state index in [1.807, 2.05) is 0 Å². The Bertz CT molecular complexity index is 199. The Kier molecular flexibility index (Phi) is 7.09. The van der Waals surface area contributed by atoms with Crippen LogP contribution in [-0.4, -0.2) is 50.3 Å². The van der Waals surface area contributed by atoms with Gasteiger partial charge in [-0.15, -0.1) is 0 Å². The SMILES string of the molecule is CCCNC1CCOCC1CN(C)C(C)CC. The minimum Gasteiger partial charge on any atom is -0.381 e. The zero-order valence-corrected chi connectivity index (χ0v) is 12.0. The highest BCUT2D eigenvalue weighted by molar-refractivity contribution is 4.82. The van der Waals surface area contributed by atoms with Gasteiger partial charge in [-0.05, 0) is 39.8 Å². The highest BCUT2D eigenvalue weighted by Crippen LogP contribution is 2.17. The molecule has 1 saturated heterocycles. The summed E-state index contributed by atoms with van der Waals surface area (Å²) in [5.41, 5.74) is 0. The van der Waals surface area contributed by atoms with Crippen molar-refractivity contribution in [1.29, 1.82) is 0 Å². The van der Waals surface area contributed by atoms with Crippen LogP contribution in [0, 0.1) is 5.92 Å². The fourth-order valence-electron chi connectivity index (χ4n) is 2.44. The summed E-state index contributed by atoms with van der Waals surface area (Å²) < 4.78 is 5.64. The van der Waals surface area contributed by atoms with E-state index in [9.17, 15) is 0 Å². The first-order valence-corrected chi connectivity index (χ1v) is 7.20. The average molecular weight is 242 g/mol. The Morgan fingerprint density at radius 3 is 2.82 bits per heavy atom. The number of nitrogens with zero attached hydrogens (tertiary/aromatic N) is 1. The van der Waals surface area contributed by atoms with E-state index in [4.69, 9.17) is 4.74 Å². The summed E-state index contributed by atoms with van der Waals surface area (Å²) >= 11 is 0. The molecule has 1 aliphatic heterocycles. The largest absolute Gasteiger partial charge is 0.381 e. The van der Waals surface area contributed by atoms with Crippen LogP contribution in [0.4, 0.5) is 0 Å². The van der Waals surface area contributed by atoms with Crippen molar-refractivity contribution in [2.45, 2.75) is 52.1 Å². The first-order chi connectivity index (χ1) is 8.19. The molecule has 1 aliphatic rings. The molecule has 3 unspecified atom stereocenters. The van der Waals surface area contributed by atoms with Crippen molar-refractivity contribution >= 4 is 0 Å². The number of nitrogens with one attached hydrogen (secondary N) is 1. The van der Waals surface area contributed by atoms with Crippen LogP contribution in [0.25, 0.3) is 0 Å². The molecule has 1 rings (SSSR count). The first-order valence-electron chi connectivity index (χ1n) is 7.20. The normalized spacial score (nSPS) is 27.4. The fraction of sp³-hybridized carbons (Fsp3) is 1.00. The van der Waals surface area contributed by atoms with E-state index < -0.39 is 0 Å². The Balaban J connectivity index is 2.41. The summed E-state index contributed by atoms with van der Waals surface area (Å²) in [5.74, 6) is 0.647. The molecule has 3 heteroatoms. The Morgan fingerprint density at radius 2 is 2.18 bits per heavy atom. The molecule has 0 aromatic carbocycles. The summed E-state index contributed by atoms with van der Waals surface area (Å²) in [6.45, 7) is 10.9. The van der Waals surface area contributed by atoms with Gasteiger partial charge in [0.1, 0.15) is 0 Å². The van der Waals surface area contributed by atoms with E-state index in [1.54, 1.807) is 0 Å². The monoisotopic (exact) mass is 242 g/mol. The molecule has 0 radical (unpaired) electrons. The van der Waals surface area contributed by atoms with E-state index in [1.165, 1.54) is 19.3 Å². The molecular weight excluding hydrogens is 212 g/mol. The van der Waals surface area contributed by atoms with Crippen molar-refractivity contribution in [3.63, 3.8) is 0 Å². The van der Waals surface area contributed by atoms with Gasteiger partial charge in [-0.3, -0.25) is 0 Å². The lowest BCUT2D eigenvalue weighted by Crippen LogP contribution is -2.48. The highest BCUT2D eigenvalue weighted by Gasteiger charge is 2.26. The lowest BCUT2D eigenvalue weighted by atomic mass is 9.94. The summed E-state index contributed by atoms with van der Waals surface area (Å²) in [7, 11) is 2.24. The van der Waals surface area contributed by atoms with Gasteiger partial charge in [0.15, 0.2) is 0 Å². The third-order valence-electron chi connectivity index (χ3n) is 4.00. The van der Waals surface area contributed by atoms with Crippen molar-refractivity contribution in [1.82, 2.24) is 10.2 Å². The fourth-order valence-corrected chi connectivity index (χ4v) is 2.44. The van der Waals surface area contributed by atoms with Crippen LogP contribution in [0.15, 0.2) is 0 Å². The Hall–Kier alpha value is -0.120. The summed E-state index contributed by atoms with van der Waals surface area (Å²) in [5, 5.41) is 3.68. The maximum absolute atomic E-state index is 5.64. The van der Waals surface area contributed by atoms with E-state index in [0.717, 1.165) is 26.3 Å². The minimum absolute atomic E-state index is 0.647.